The third-order valence-corrected chi connectivity index (χ3v) is 3.44. The molecule has 1 heterocycles. The molecule has 0 aliphatic carbocycles. The van der Waals surface area contributed by atoms with Crippen LogP contribution in [0, 0.1) is 6.92 Å². The first-order valence-electron chi connectivity index (χ1n) is 7.35. The van der Waals surface area contributed by atoms with Crippen LogP contribution in [-0.2, 0) is 11.2 Å². The number of nitrogens with zero attached hydrogens (tertiary/aromatic N) is 1. The zero-order valence-electron chi connectivity index (χ0n) is 13.3. The molecule has 0 unspecified atom stereocenters. The summed E-state index contributed by atoms with van der Waals surface area (Å²) in [5, 5.41) is 12.8. The van der Waals surface area contributed by atoms with Crippen LogP contribution in [0.25, 0.3) is 0 Å². The predicted molar refractivity (Wildman–Crippen MR) is 89.9 cm³/mol. The Morgan fingerprint density at radius 2 is 1.96 bits per heavy atom. The van der Waals surface area contributed by atoms with E-state index in [0.29, 0.717) is 16.8 Å². The molecule has 0 aliphatic rings. The number of carboxylic acid groups (broad SMARTS) is 1. The quantitative estimate of drug-likeness (QED) is 0.435. The summed E-state index contributed by atoms with van der Waals surface area (Å²) in [4.78, 5) is 50.2. The van der Waals surface area contributed by atoms with Gasteiger partial charge in [-0.1, -0.05) is 18.2 Å². The number of benzene rings is 1. The number of hydrazone groups is 1. The molecule has 130 valence electrons. The van der Waals surface area contributed by atoms with E-state index in [0.717, 1.165) is 0 Å². The van der Waals surface area contributed by atoms with E-state index < -0.39 is 23.1 Å². The monoisotopic (exact) mass is 344 g/mol. The topological polar surface area (TPSA) is 144 Å². The Balaban J connectivity index is 1.97. The van der Waals surface area contributed by atoms with Crippen molar-refractivity contribution in [2.45, 2.75) is 19.8 Å². The van der Waals surface area contributed by atoms with E-state index in [-0.39, 0.29) is 18.4 Å². The van der Waals surface area contributed by atoms with Crippen LogP contribution in [0.4, 0.5) is 0 Å². The number of carboxylic acids is 1. The van der Waals surface area contributed by atoms with Gasteiger partial charge in [0.25, 0.3) is 5.56 Å². The first-order chi connectivity index (χ1) is 11.9. The number of H-pyrrole nitrogens is 2. The lowest BCUT2D eigenvalue weighted by Crippen LogP contribution is -2.28. The van der Waals surface area contributed by atoms with Crippen LogP contribution >= 0.6 is 0 Å². The van der Waals surface area contributed by atoms with E-state index in [4.69, 9.17) is 5.11 Å². The second-order valence-corrected chi connectivity index (χ2v) is 5.20. The summed E-state index contributed by atoms with van der Waals surface area (Å²) in [6, 6.07) is 6.23. The number of carbonyl (C=O) groups is 2. The number of aromatic amines is 2. The first kappa shape index (κ1) is 17.9. The van der Waals surface area contributed by atoms with Crippen molar-refractivity contribution in [3.63, 3.8) is 0 Å². The SMILES string of the molecule is Cc1[nH]c(=O)[nH]c(=O)c1CCC(=O)N/N=C/c1ccccc1C(=O)O. The van der Waals surface area contributed by atoms with E-state index >= 15 is 0 Å². The van der Waals surface area contributed by atoms with Gasteiger partial charge in [-0.25, -0.2) is 15.0 Å². The molecule has 2 rings (SSSR count). The van der Waals surface area contributed by atoms with Gasteiger partial charge in [0.05, 0.1) is 11.8 Å². The Kier molecular flexibility index (Phi) is 5.62. The molecule has 0 saturated heterocycles. The van der Waals surface area contributed by atoms with Gasteiger partial charge < -0.3 is 10.1 Å². The minimum absolute atomic E-state index is 0.0200. The van der Waals surface area contributed by atoms with Crippen molar-refractivity contribution < 1.29 is 14.7 Å². The summed E-state index contributed by atoms with van der Waals surface area (Å²) in [6.45, 7) is 1.57. The van der Waals surface area contributed by atoms with E-state index in [1.54, 1.807) is 25.1 Å². The summed E-state index contributed by atoms with van der Waals surface area (Å²) in [7, 11) is 0. The maximum absolute atomic E-state index is 11.8. The third-order valence-electron chi connectivity index (χ3n) is 3.44. The molecule has 0 radical (unpaired) electrons. The summed E-state index contributed by atoms with van der Waals surface area (Å²) < 4.78 is 0. The minimum atomic E-state index is -1.10. The van der Waals surface area contributed by atoms with Crippen LogP contribution in [0.15, 0.2) is 39.0 Å². The molecule has 0 saturated carbocycles. The molecule has 0 atom stereocenters. The highest BCUT2D eigenvalue weighted by Gasteiger charge is 2.09. The molecule has 0 bridgehead atoms. The number of nitrogens with one attached hydrogen (secondary N) is 3. The number of hydrogen-bond acceptors (Lipinski definition) is 5. The van der Waals surface area contributed by atoms with E-state index in [9.17, 15) is 19.2 Å². The van der Waals surface area contributed by atoms with Crippen molar-refractivity contribution in [1.82, 2.24) is 15.4 Å². The van der Waals surface area contributed by atoms with Gasteiger partial charge in [0.1, 0.15) is 0 Å². The first-order valence-corrected chi connectivity index (χ1v) is 7.35. The van der Waals surface area contributed by atoms with E-state index in [1.807, 2.05) is 0 Å². The van der Waals surface area contributed by atoms with Crippen LogP contribution < -0.4 is 16.7 Å². The Labute approximate surface area is 141 Å². The standard InChI is InChI=1S/C16H16N4O5/c1-9-11(14(22)19-16(25)18-9)6-7-13(21)20-17-8-10-4-2-3-5-12(10)15(23)24/h2-5,8H,6-7H2,1H3,(H,20,21)(H,23,24)(H2,18,19,22,25)/b17-8+. The Hall–Kier alpha value is -3.49. The number of aromatic nitrogens is 2. The summed E-state index contributed by atoms with van der Waals surface area (Å²) >= 11 is 0. The average Bonchev–Trinajstić information content (AvgIpc) is 2.54. The van der Waals surface area contributed by atoms with Crippen LogP contribution in [0.5, 0.6) is 0 Å². The highest BCUT2D eigenvalue weighted by atomic mass is 16.4. The van der Waals surface area contributed by atoms with Crippen LogP contribution in [0.1, 0.15) is 33.6 Å². The summed E-state index contributed by atoms with van der Waals surface area (Å²) in [6.07, 6.45) is 1.35. The maximum Gasteiger partial charge on any atom is 0.336 e. The maximum atomic E-state index is 11.8. The summed E-state index contributed by atoms with van der Waals surface area (Å²) in [5.74, 6) is -1.55. The lowest BCUT2D eigenvalue weighted by atomic mass is 10.1. The molecular formula is C16H16N4O5. The Morgan fingerprint density at radius 3 is 2.64 bits per heavy atom. The minimum Gasteiger partial charge on any atom is -0.478 e. The van der Waals surface area contributed by atoms with Crippen molar-refractivity contribution in [3.05, 3.63) is 67.5 Å². The fraction of sp³-hybridized carbons (Fsp3) is 0.188. The lowest BCUT2D eigenvalue weighted by Gasteiger charge is -2.03. The molecule has 9 nitrogen and oxygen atoms in total. The van der Waals surface area contributed by atoms with Crippen LogP contribution in [-0.4, -0.2) is 33.2 Å². The largest absolute Gasteiger partial charge is 0.478 e. The zero-order valence-corrected chi connectivity index (χ0v) is 13.3. The molecule has 1 amide bonds. The number of amides is 1. The van der Waals surface area contributed by atoms with Gasteiger partial charge in [0, 0.05) is 23.2 Å². The van der Waals surface area contributed by atoms with Gasteiger partial charge in [-0.2, -0.15) is 5.10 Å². The molecule has 0 spiro atoms. The highest BCUT2D eigenvalue weighted by molar-refractivity contribution is 5.98. The van der Waals surface area contributed by atoms with Crippen molar-refractivity contribution >= 4 is 18.1 Å². The zero-order chi connectivity index (χ0) is 18.4. The van der Waals surface area contributed by atoms with E-state index in [2.05, 4.69) is 20.5 Å². The molecule has 1 aromatic carbocycles. The third kappa shape index (κ3) is 4.74. The number of aromatic carboxylic acids is 1. The van der Waals surface area contributed by atoms with Crippen LogP contribution in [0.3, 0.4) is 0 Å². The predicted octanol–water partition coefficient (Wildman–Crippen LogP) is 0.153. The molecule has 4 N–H and O–H groups in total. The molecule has 2 aromatic rings. The van der Waals surface area contributed by atoms with Crippen molar-refractivity contribution in [1.29, 1.82) is 0 Å². The number of carbonyl (C=O) groups excluding carboxylic acids is 1. The number of aryl methyl sites for hydroxylation is 1. The second kappa shape index (κ2) is 7.86. The van der Waals surface area contributed by atoms with Gasteiger partial charge in [-0.05, 0) is 19.4 Å². The molecule has 1 aromatic heterocycles. The number of hydrogen-bond donors (Lipinski definition) is 4. The Bertz CT molecular complexity index is 942. The number of rotatable bonds is 6. The van der Waals surface area contributed by atoms with Gasteiger partial charge >= 0.3 is 11.7 Å². The molecule has 0 aliphatic heterocycles. The fourth-order valence-electron chi connectivity index (χ4n) is 2.20. The smallest absolute Gasteiger partial charge is 0.336 e. The van der Waals surface area contributed by atoms with Crippen LogP contribution in [0.2, 0.25) is 0 Å². The molecule has 9 heteroatoms. The second-order valence-electron chi connectivity index (χ2n) is 5.20. The van der Waals surface area contributed by atoms with E-state index in [1.165, 1.54) is 12.3 Å². The normalized spacial score (nSPS) is 10.8. The van der Waals surface area contributed by atoms with Gasteiger partial charge in [0.2, 0.25) is 5.91 Å². The van der Waals surface area contributed by atoms with Crippen molar-refractivity contribution in [2.75, 3.05) is 0 Å². The molecule has 25 heavy (non-hydrogen) atoms. The molecule has 0 fully saturated rings. The highest BCUT2D eigenvalue weighted by Crippen LogP contribution is 2.05. The van der Waals surface area contributed by atoms with Gasteiger partial charge in [-0.15, -0.1) is 0 Å². The fourth-order valence-corrected chi connectivity index (χ4v) is 2.20. The Morgan fingerprint density at radius 1 is 1.24 bits per heavy atom. The van der Waals surface area contributed by atoms with Crippen molar-refractivity contribution in [2.24, 2.45) is 5.10 Å². The average molecular weight is 344 g/mol. The molecular weight excluding hydrogens is 328 g/mol. The summed E-state index contributed by atoms with van der Waals surface area (Å²) in [5.41, 5.74) is 2.27. The lowest BCUT2D eigenvalue weighted by molar-refractivity contribution is -0.121. The van der Waals surface area contributed by atoms with Gasteiger partial charge in [0.15, 0.2) is 0 Å². The van der Waals surface area contributed by atoms with Crippen molar-refractivity contribution in [3.8, 4) is 0 Å². The van der Waals surface area contributed by atoms with Gasteiger partial charge in [-0.3, -0.25) is 14.6 Å².